The number of benzene rings is 1. The van der Waals surface area contributed by atoms with E-state index in [4.69, 9.17) is 0 Å². The van der Waals surface area contributed by atoms with Gasteiger partial charge in [-0.1, -0.05) is 44.7 Å². The Hall–Kier alpha value is -1.42. The Labute approximate surface area is 127 Å². The molecule has 0 heterocycles. The number of nitrogens with one attached hydrogen (secondary N) is 1. The highest BCUT2D eigenvalue weighted by molar-refractivity contribution is 5.33. The Morgan fingerprint density at radius 3 is 2.52 bits per heavy atom. The van der Waals surface area contributed by atoms with Gasteiger partial charge in [-0.2, -0.15) is 0 Å². The van der Waals surface area contributed by atoms with E-state index in [9.17, 15) is 10.1 Å². The third-order valence-electron chi connectivity index (χ3n) is 4.52. The lowest BCUT2D eigenvalue weighted by Crippen LogP contribution is -2.31. The average Bonchev–Trinajstić information content (AvgIpc) is 2.99. The van der Waals surface area contributed by atoms with Crippen molar-refractivity contribution in [3.05, 3.63) is 39.9 Å². The lowest BCUT2D eigenvalue weighted by atomic mass is 9.95. The molecule has 0 spiro atoms. The molecule has 0 aromatic heterocycles. The number of non-ortho nitro benzene ring substituents is 1. The number of hydrogen-bond donors (Lipinski definition) is 1. The molecule has 1 atom stereocenters. The summed E-state index contributed by atoms with van der Waals surface area (Å²) in [6.45, 7) is 3.11. The monoisotopic (exact) mass is 290 g/mol. The normalized spacial score (nSPS) is 17.0. The van der Waals surface area contributed by atoms with Crippen LogP contribution >= 0.6 is 0 Å². The van der Waals surface area contributed by atoms with Crippen LogP contribution in [0.4, 0.5) is 5.69 Å². The molecule has 0 aliphatic heterocycles. The zero-order valence-electron chi connectivity index (χ0n) is 12.9. The van der Waals surface area contributed by atoms with Crippen LogP contribution in [0.25, 0.3) is 0 Å². The van der Waals surface area contributed by atoms with Crippen molar-refractivity contribution in [2.75, 3.05) is 6.54 Å². The minimum Gasteiger partial charge on any atom is -0.314 e. The summed E-state index contributed by atoms with van der Waals surface area (Å²) in [5.41, 5.74) is 1.35. The summed E-state index contributed by atoms with van der Waals surface area (Å²) in [7, 11) is 0. The molecule has 4 heteroatoms. The molecule has 1 aromatic carbocycles. The van der Waals surface area contributed by atoms with E-state index in [0.717, 1.165) is 18.9 Å². The molecule has 1 aliphatic carbocycles. The van der Waals surface area contributed by atoms with E-state index >= 15 is 0 Å². The van der Waals surface area contributed by atoms with Gasteiger partial charge in [-0.05, 0) is 37.3 Å². The number of nitro benzene ring substituents is 1. The van der Waals surface area contributed by atoms with Crippen LogP contribution in [0.5, 0.6) is 0 Å². The van der Waals surface area contributed by atoms with Crippen molar-refractivity contribution < 1.29 is 4.92 Å². The van der Waals surface area contributed by atoms with Crippen molar-refractivity contribution in [1.29, 1.82) is 0 Å². The average molecular weight is 290 g/mol. The molecule has 4 nitrogen and oxygen atoms in total. The lowest BCUT2D eigenvalue weighted by Gasteiger charge is -2.20. The predicted molar refractivity (Wildman–Crippen MR) is 85.5 cm³/mol. The van der Waals surface area contributed by atoms with Gasteiger partial charge in [0.25, 0.3) is 5.69 Å². The molecule has 1 saturated carbocycles. The van der Waals surface area contributed by atoms with Crippen LogP contribution in [-0.2, 0) is 6.42 Å². The smallest absolute Gasteiger partial charge is 0.269 e. The highest BCUT2D eigenvalue weighted by atomic mass is 16.6. The molecule has 1 aromatic rings. The number of nitrogens with zero attached hydrogens (tertiary/aromatic N) is 1. The van der Waals surface area contributed by atoms with E-state index in [1.54, 1.807) is 12.1 Å². The summed E-state index contributed by atoms with van der Waals surface area (Å²) in [5, 5.41) is 14.2. The first-order valence-electron chi connectivity index (χ1n) is 8.15. The summed E-state index contributed by atoms with van der Waals surface area (Å²) in [6, 6.07) is 7.47. The molecule has 116 valence electrons. The summed E-state index contributed by atoms with van der Waals surface area (Å²) in [4.78, 5) is 10.3. The summed E-state index contributed by atoms with van der Waals surface area (Å²) < 4.78 is 0. The van der Waals surface area contributed by atoms with E-state index < -0.39 is 0 Å². The second-order valence-corrected chi connectivity index (χ2v) is 6.11. The number of nitro groups is 1. The molecule has 0 bridgehead atoms. The molecule has 0 saturated heterocycles. The lowest BCUT2D eigenvalue weighted by molar-refractivity contribution is -0.384. The van der Waals surface area contributed by atoms with Crippen LogP contribution in [0.3, 0.4) is 0 Å². The Balaban J connectivity index is 1.86. The maximum atomic E-state index is 10.7. The van der Waals surface area contributed by atoms with E-state index in [1.165, 1.54) is 44.1 Å². The van der Waals surface area contributed by atoms with Gasteiger partial charge in [0.15, 0.2) is 0 Å². The molecular weight excluding hydrogens is 264 g/mol. The minimum atomic E-state index is -0.342. The largest absolute Gasteiger partial charge is 0.314 e. The molecule has 1 fully saturated rings. The number of hydrogen-bond acceptors (Lipinski definition) is 3. The first-order valence-corrected chi connectivity index (χ1v) is 8.15. The molecule has 2 rings (SSSR count). The van der Waals surface area contributed by atoms with Crippen LogP contribution in [-0.4, -0.2) is 17.5 Å². The fourth-order valence-corrected chi connectivity index (χ4v) is 3.34. The van der Waals surface area contributed by atoms with E-state index in [2.05, 4.69) is 12.2 Å². The van der Waals surface area contributed by atoms with Crippen LogP contribution < -0.4 is 5.32 Å². The van der Waals surface area contributed by atoms with Gasteiger partial charge in [-0.25, -0.2) is 0 Å². The van der Waals surface area contributed by atoms with Gasteiger partial charge in [0.05, 0.1) is 4.92 Å². The van der Waals surface area contributed by atoms with E-state index in [1.807, 2.05) is 12.1 Å². The first-order chi connectivity index (χ1) is 10.2. The molecule has 1 N–H and O–H groups in total. The van der Waals surface area contributed by atoms with E-state index in [-0.39, 0.29) is 10.6 Å². The van der Waals surface area contributed by atoms with Gasteiger partial charge in [0.1, 0.15) is 0 Å². The summed E-state index contributed by atoms with van der Waals surface area (Å²) in [5.74, 6) is 0.919. The Kier molecular flexibility index (Phi) is 6.18. The van der Waals surface area contributed by atoms with Gasteiger partial charge in [0.2, 0.25) is 0 Å². The van der Waals surface area contributed by atoms with Crippen molar-refractivity contribution in [1.82, 2.24) is 5.32 Å². The molecule has 0 radical (unpaired) electrons. The fraction of sp³-hybridized carbons (Fsp3) is 0.647. The molecular formula is C17H26N2O2. The Morgan fingerprint density at radius 1 is 1.29 bits per heavy atom. The second kappa shape index (κ2) is 8.13. The van der Waals surface area contributed by atoms with Crippen LogP contribution in [0, 0.1) is 16.0 Å². The maximum Gasteiger partial charge on any atom is 0.269 e. The quantitative estimate of drug-likeness (QED) is 0.579. The van der Waals surface area contributed by atoms with Gasteiger partial charge in [-0.3, -0.25) is 10.1 Å². The zero-order chi connectivity index (χ0) is 15.1. The van der Waals surface area contributed by atoms with Crippen molar-refractivity contribution in [3.63, 3.8) is 0 Å². The van der Waals surface area contributed by atoms with Crippen LogP contribution in [0.2, 0.25) is 0 Å². The van der Waals surface area contributed by atoms with Crippen LogP contribution in [0.1, 0.15) is 51.0 Å². The highest BCUT2D eigenvalue weighted by Gasteiger charge is 2.17. The zero-order valence-corrected chi connectivity index (χ0v) is 12.9. The SMILES string of the molecule is CCNC(CCC1CCCC1)Cc1ccc([N+](=O)[O-])cc1. The third-order valence-corrected chi connectivity index (χ3v) is 4.52. The van der Waals surface area contributed by atoms with Crippen molar-refractivity contribution in [2.24, 2.45) is 5.92 Å². The molecule has 0 amide bonds. The van der Waals surface area contributed by atoms with Crippen LogP contribution in [0.15, 0.2) is 24.3 Å². The van der Waals surface area contributed by atoms with Crippen molar-refractivity contribution >= 4 is 5.69 Å². The second-order valence-electron chi connectivity index (χ2n) is 6.11. The fourth-order valence-electron chi connectivity index (χ4n) is 3.34. The Morgan fingerprint density at radius 2 is 1.95 bits per heavy atom. The topological polar surface area (TPSA) is 55.2 Å². The van der Waals surface area contributed by atoms with Gasteiger partial charge in [0, 0.05) is 18.2 Å². The molecule has 1 unspecified atom stereocenters. The van der Waals surface area contributed by atoms with Crippen molar-refractivity contribution in [2.45, 2.75) is 57.9 Å². The minimum absolute atomic E-state index is 0.171. The standard InChI is InChI=1S/C17H26N2O2/c1-2-18-16(10-7-14-5-3-4-6-14)13-15-8-11-17(12-9-15)19(20)21/h8-9,11-12,14,16,18H,2-7,10,13H2,1H3. The number of rotatable bonds is 8. The highest BCUT2D eigenvalue weighted by Crippen LogP contribution is 2.29. The Bertz CT molecular complexity index is 439. The predicted octanol–water partition coefficient (Wildman–Crippen LogP) is 4.09. The van der Waals surface area contributed by atoms with Crippen molar-refractivity contribution in [3.8, 4) is 0 Å². The maximum absolute atomic E-state index is 10.7. The summed E-state index contributed by atoms with van der Waals surface area (Å²) >= 11 is 0. The molecule has 1 aliphatic rings. The third kappa shape index (κ3) is 5.12. The van der Waals surface area contributed by atoms with E-state index in [0.29, 0.717) is 6.04 Å². The summed E-state index contributed by atoms with van der Waals surface area (Å²) in [6.07, 6.45) is 9.07. The van der Waals surface area contributed by atoms with Gasteiger partial charge < -0.3 is 5.32 Å². The molecule has 21 heavy (non-hydrogen) atoms. The first kappa shape index (κ1) is 16.0. The van der Waals surface area contributed by atoms with Gasteiger partial charge in [-0.15, -0.1) is 0 Å². The van der Waals surface area contributed by atoms with Gasteiger partial charge >= 0.3 is 0 Å². The number of likely N-dealkylation sites (N-methyl/N-ethyl adjacent to an activating group) is 1.